The van der Waals surface area contributed by atoms with Gasteiger partial charge in [0.2, 0.25) is 5.91 Å². The highest BCUT2D eigenvalue weighted by molar-refractivity contribution is 5.85. The first-order valence-electron chi connectivity index (χ1n) is 9.73. The molecule has 1 aromatic carbocycles. The summed E-state index contributed by atoms with van der Waals surface area (Å²) in [6.45, 7) is 3.93. The molecule has 3 heterocycles. The van der Waals surface area contributed by atoms with Crippen LogP contribution in [0.15, 0.2) is 30.3 Å². The Morgan fingerprint density at radius 1 is 1.04 bits per heavy atom. The maximum Gasteiger partial charge on any atom is 0.242 e. The van der Waals surface area contributed by atoms with Crippen LogP contribution >= 0.6 is 24.8 Å². The normalized spacial score (nSPS) is 29.3. The first-order chi connectivity index (χ1) is 12.2. The van der Waals surface area contributed by atoms with Gasteiger partial charge >= 0.3 is 0 Å². The highest BCUT2D eigenvalue weighted by atomic mass is 35.5. The summed E-state index contributed by atoms with van der Waals surface area (Å²) in [5, 5.41) is 7.05. The van der Waals surface area contributed by atoms with Crippen molar-refractivity contribution >= 4 is 30.7 Å². The SMILES string of the molecule is CN1CCN(C(C(=O)NC2CC3CCC(C2)N3)c2ccccc2)CC1.Cl.Cl. The van der Waals surface area contributed by atoms with Crippen molar-refractivity contribution in [3.8, 4) is 0 Å². The van der Waals surface area contributed by atoms with Crippen molar-refractivity contribution in [2.45, 2.75) is 49.9 Å². The van der Waals surface area contributed by atoms with Gasteiger partial charge in [-0.25, -0.2) is 0 Å². The molecule has 0 aromatic heterocycles. The number of fused-ring (bicyclic) bond motifs is 2. The van der Waals surface area contributed by atoms with Crippen LogP contribution in [0, 0.1) is 0 Å². The quantitative estimate of drug-likeness (QED) is 0.792. The van der Waals surface area contributed by atoms with E-state index in [1.54, 1.807) is 0 Å². The summed E-state index contributed by atoms with van der Waals surface area (Å²) in [5.41, 5.74) is 1.11. The number of nitrogens with zero attached hydrogens (tertiary/aromatic N) is 2. The molecule has 0 saturated carbocycles. The van der Waals surface area contributed by atoms with E-state index in [2.05, 4.69) is 39.6 Å². The number of piperazine rings is 1. The number of carbonyl (C=O) groups excluding carboxylic acids is 1. The summed E-state index contributed by atoms with van der Waals surface area (Å²) >= 11 is 0. The molecule has 0 aliphatic carbocycles. The van der Waals surface area contributed by atoms with Crippen molar-refractivity contribution in [1.29, 1.82) is 0 Å². The van der Waals surface area contributed by atoms with Crippen LogP contribution in [-0.4, -0.2) is 67.1 Å². The van der Waals surface area contributed by atoms with Gasteiger partial charge in [-0.05, 0) is 38.3 Å². The smallest absolute Gasteiger partial charge is 0.242 e. The molecule has 3 fully saturated rings. The lowest BCUT2D eigenvalue weighted by Crippen LogP contribution is -2.53. The van der Waals surface area contributed by atoms with E-state index in [4.69, 9.17) is 0 Å². The van der Waals surface area contributed by atoms with E-state index in [9.17, 15) is 4.79 Å². The van der Waals surface area contributed by atoms with Gasteiger partial charge in [-0.3, -0.25) is 9.69 Å². The van der Waals surface area contributed by atoms with Gasteiger partial charge < -0.3 is 15.5 Å². The summed E-state index contributed by atoms with van der Waals surface area (Å²) in [5.74, 6) is 0.182. The van der Waals surface area contributed by atoms with Gasteiger partial charge in [0.05, 0.1) is 0 Å². The summed E-state index contributed by atoms with van der Waals surface area (Å²) in [4.78, 5) is 17.9. The minimum Gasteiger partial charge on any atom is -0.352 e. The Morgan fingerprint density at radius 2 is 1.63 bits per heavy atom. The second kappa shape index (κ2) is 10.1. The molecule has 3 atom stereocenters. The minimum absolute atomic E-state index is 0. The third kappa shape index (κ3) is 5.36. The van der Waals surface area contributed by atoms with Gasteiger partial charge in [0, 0.05) is 44.3 Å². The Bertz CT molecular complexity index is 583. The lowest BCUT2D eigenvalue weighted by Gasteiger charge is -2.38. The van der Waals surface area contributed by atoms with Crippen LogP contribution in [0.5, 0.6) is 0 Å². The summed E-state index contributed by atoms with van der Waals surface area (Å²) in [7, 11) is 2.15. The summed E-state index contributed by atoms with van der Waals surface area (Å²) in [6.07, 6.45) is 4.67. The molecule has 152 valence electrons. The molecule has 3 saturated heterocycles. The number of likely N-dealkylation sites (N-methyl/N-ethyl adjacent to an activating group) is 1. The molecule has 5 nitrogen and oxygen atoms in total. The van der Waals surface area contributed by atoms with Crippen LogP contribution in [0.2, 0.25) is 0 Å². The zero-order valence-electron chi connectivity index (χ0n) is 16.0. The second-order valence-electron chi connectivity index (χ2n) is 7.97. The molecule has 1 aromatic rings. The van der Waals surface area contributed by atoms with Crippen molar-refractivity contribution in [2.24, 2.45) is 0 Å². The first kappa shape index (κ1) is 22.4. The number of amides is 1. The standard InChI is InChI=1S/C20H30N4O.2ClH/c1-23-9-11-24(12-10-23)19(15-5-3-2-4-6-15)20(25)22-18-13-16-7-8-17(14-18)21-16;;/h2-6,16-19,21H,7-14H2,1H3,(H,22,25);2*1H. The van der Waals surface area contributed by atoms with E-state index in [0.717, 1.165) is 44.6 Å². The molecular formula is C20H32Cl2N4O. The molecule has 0 spiro atoms. The molecule has 0 radical (unpaired) electrons. The Hall–Kier alpha value is -0.850. The van der Waals surface area contributed by atoms with Crippen LogP contribution in [0.1, 0.15) is 37.3 Å². The Labute approximate surface area is 175 Å². The third-order valence-electron chi connectivity index (χ3n) is 6.09. The van der Waals surface area contributed by atoms with Crippen molar-refractivity contribution in [1.82, 2.24) is 20.4 Å². The summed E-state index contributed by atoms with van der Waals surface area (Å²) in [6, 6.07) is 11.6. The Kier molecular flexibility index (Phi) is 8.38. The molecule has 3 unspecified atom stereocenters. The predicted molar refractivity (Wildman–Crippen MR) is 114 cm³/mol. The predicted octanol–water partition coefficient (Wildman–Crippen LogP) is 2.22. The largest absolute Gasteiger partial charge is 0.352 e. The van der Waals surface area contributed by atoms with E-state index < -0.39 is 0 Å². The van der Waals surface area contributed by atoms with Crippen LogP contribution in [0.25, 0.3) is 0 Å². The van der Waals surface area contributed by atoms with E-state index in [1.165, 1.54) is 12.8 Å². The summed E-state index contributed by atoms with van der Waals surface area (Å²) < 4.78 is 0. The molecule has 7 heteroatoms. The lowest BCUT2D eigenvalue weighted by atomic mass is 9.98. The van der Waals surface area contributed by atoms with Gasteiger partial charge in [0.15, 0.2) is 0 Å². The highest BCUT2D eigenvalue weighted by Crippen LogP contribution is 2.28. The molecule has 1 amide bonds. The second-order valence-corrected chi connectivity index (χ2v) is 7.97. The van der Waals surface area contributed by atoms with Crippen molar-refractivity contribution in [2.75, 3.05) is 33.2 Å². The van der Waals surface area contributed by atoms with Gasteiger partial charge in [0.1, 0.15) is 6.04 Å². The molecule has 2 N–H and O–H groups in total. The van der Waals surface area contributed by atoms with Crippen molar-refractivity contribution < 1.29 is 4.79 Å². The number of nitrogens with one attached hydrogen (secondary N) is 2. The number of hydrogen-bond donors (Lipinski definition) is 2. The van der Waals surface area contributed by atoms with Crippen molar-refractivity contribution in [3.05, 3.63) is 35.9 Å². The Morgan fingerprint density at radius 3 is 2.22 bits per heavy atom. The van der Waals surface area contributed by atoms with Crippen LogP contribution < -0.4 is 10.6 Å². The number of carbonyl (C=O) groups is 1. The maximum absolute atomic E-state index is 13.2. The van der Waals surface area contributed by atoms with E-state index in [0.29, 0.717) is 18.1 Å². The topological polar surface area (TPSA) is 47.6 Å². The molecule has 3 aliphatic rings. The fourth-order valence-corrected chi connectivity index (χ4v) is 4.70. The van der Waals surface area contributed by atoms with Gasteiger partial charge in [-0.2, -0.15) is 0 Å². The maximum atomic E-state index is 13.2. The number of benzene rings is 1. The van der Waals surface area contributed by atoms with E-state index >= 15 is 0 Å². The molecular weight excluding hydrogens is 383 g/mol. The fourth-order valence-electron chi connectivity index (χ4n) is 4.70. The Balaban J connectivity index is 0.00000131. The minimum atomic E-state index is -0.164. The molecule has 27 heavy (non-hydrogen) atoms. The average Bonchev–Trinajstić information content (AvgIpc) is 2.96. The zero-order chi connectivity index (χ0) is 17.2. The molecule has 4 rings (SSSR count). The number of halogens is 2. The fraction of sp³-hybridized carbons (Fsp3) is 0.650. The monoisotopic (exact) mass is 414 g/mol. The number of piperidine rings is 1. The van der Waals surface area contributed by atoms with Crippen LogP contribution in [0.3, 0.4) is 0 Å². The first-order valence-corrected chi connectivity index (χ1v) is 9.73. The zero-order valence-corrected chi connectivity index (χ0v) is 17.6. The van der Waals surface area contributed by atoms with Gasteiger partial charge in [0.25, 0.3) is 0 Å². The highest BCUT2D eigenvalue weighted by Gasteiger charge is 2.36. The van der Waals surface area contributed by atoms with Crippen molar-refractivity contribution in [3.63, 3.8) is 0 Å². The third-order valence-corrected chi connectivity index (χ3v) is 6.09. The van der Waals surface area contributed by atoms with Gasteiger partial charge in [-0.1, -0.05) is 30.3 Å². The van der Waals surface area contributed by atoms with Gasteiger partial charge in [-0.15, -0.1) is 24.8 Å². The molecule has 2 bridgehead atoms. The van der Waals surface area contributed by atoms with E-state index in [1.807, 2.05) is 18.2 Å². The number of rotatable bonds is 4. The van der Waals surface area contributed by atoms with Crippen LogP contribution in [0.4, 0.5) is 0 Å². The molecule has 3 aliphatic heterocycles. The average molecular weight is 415 g/mol. The number of hydrogen-bond acceptors (Lipinski definition) is 4. The van der Waals surface area contributed by atoms with E-state index in [-0.39, 0.29) is 36.8 Å². The van der Waals surface area contributed by atoms with Crippen LogP contribution in [-0.2, 0) is 4.79 Å². The lowest BCUT2D eigenvalue weighted by molar-refractivity contribution is -0.128.